The summed E-state index contributed by atoms with van der Waals surface area (Å²) in [4.78, 5) is 14.9. The van der Waals surface area contributed by atoms with Crippen molar-refractivity contribution < 1.29 is 4.79 Å². The van der Waals surface area contributed by atoms with Crippen molar-refractivity contribution in [2.24, 2.45) is 5.73 Å². The lowest BCUT2D eigenvalue weighted by atomic mass is 10.2. The van der Waals surface area contributed by atoms with Crippen LogP contribution < -0.4 is 5.73 Å². The van der Waals surface area contributed by atoms with Crippen LogP contribution in [-0.4, -0.2) is 55.5 Å². The lowest BCUT2D eigenvalue weighted by Gasteiger charge is -2.36. The maximum absolute atomic E-state index is 11.2. The zero-order chi connectivity index (χ0) is 8.43. The number of hydrogen-bond acceptors (Lipinski definition) is 3. The minimum absolute atomic E-state index is 0.161. The molecule has 0 saturated carbocycles. The fourth-order valence-electron chi connectivity index (χ4n) is 1.33. The molecule has 1 rings (SSSR count). The average molecular weight is 157 g/mol. The summed E-state index contributed by atoms with van der Waals surface area (Å²) < 4.78 is 0. The van der Waals surface area contributed by atoms with E-state index in [1.165, 1.54) is 0 Å². The lowest BCUT2D eigenvalue weighted by molar-refractivity contribution is -0.136. The number of amides is 1. The Labute approximate surface area is 66.9 Å². The smallest absolute Gasteiger partial charge is 0.236 e. The molecule has 1 unspecified atom stereocenters. The zero-order valence-corrected chi connectivity index (χ0v) is 7.08. The first kappa shape index (κ1) is 8.49. The molecule has 64 valence electrons. The van der Waals surface area contributed by atoms with E-state index in [4.69, 9.17) is 5.73 Å². The van der Waals surface area contributed by atoms with E-state index in [2.05, 4.69) is 0 Å². The number of hydrogen-bond donors (Lipinski definition) is 1. The number of piperazine rings is 1. The van der Waals surface area contributed by atoms with Crippen molar-refractivity contribution in [2.45, 2.75) is 6.04 Å². The third kappa shape index (κ3) is 1.70. The van der Waals surface area contributed by atoms with E-state index < -0.39 is 0 Å². The van der Waals surface area contributed by atoms with Gasteiger partial charge in [-0.15, -0.1) is 0 Å². The predicted octanol–water partition coefficient (Wildman–Crippen LogP) is -1.28. The second-order valence-electron chi connectivity index (χ2n) is 3.09. The first-order chi connectivity index (χ1) is 5.15. The van der Waals surface area contributed by atoms with Gasteiger partial charge in [0.15, 0.2) is 0 Å². The second kappa shape index (κ2) is 3.19. The molecule has 11 heavy (non-hydrogen) atoms. The number of rotatable bonds is 1. The summed E-state index contributed by atoms with van der Waals surface area (Å²) in [7, 11) is 3.75. The summed E-state index contributed by atoms with van der Waals surface area (Å²) in [5.74, 6) is 0.161. The van der Waals surface area contributed by atoms with E-state index in [1.54, 1.807) is 4.90 Å². The van der Waals surface area contributed by atoms with Gasteiger partial charge in [-0.25, -0.2) is 0 Å². The van der Waals surface area contributed by atoms with E-state index in [-0.39, 0.29) is 11.9 Å². The molecular formula is C7H15N3O. The van der Waals surface area contributed by atoms with Crippen LogP contribution in [0, 0.1) is 0 Å². The number of nitrogens with zero attached hydrogens (tertiary/aromatic N) is 2. The SMILES string of the molecule is CN1CC(=O)N(C)C(CN)C1. The lowest BCUT2D eigenvalue weighted by Crippen LogP contribution is -2.56. The molecule has 1 aliphatic rings. The van der Waals surface area contributed by atoms with Crippen LogP contribution in [0.3, 0.4) is 0 Å². The van der Waals surface area contributed by atoms with Crippen molar-refractivity contribution in [1.82, 2.24) is 9.80 Å². The number of carbonyl (C=O) groups excluding carboxylic acids is 1. The van der Waals surface area contributed by atoms with Gasteiger partial charge in [0.1, 0.15) is 0 Å². The molecule has 4 nitrogen and oxygen atoms in total. The Hall–Kier alpha value is -0.610. The number of likely N-dealkylation sites (N-methyl/N-ethyl adjacent to an activating group) is 2. The van der Waals surface area contributed by atoms with Gasteiger partial charge in [-0.3, -0.25) is 9.69 Å². The third-order valence-corrected chi connectivity index (χ3v) is 2.14. The van der Waals surface area contributed by atoms with Crippen molar-refractivity contribution >= 4 is 5.91 Å². The fourth-order valence-corrected chi connectivity index (χ4v) is 1.33. The first-order valence-corrected chi connectivity index (χ1v) is 3.79. The topological polar surface area (TPSA) is 49.6 Å². The molecule has 1 heterocycles. The van der Waals surface area contributed by atoms with Crippen LogP contribution in [0.5, 0.6) is 0 Å². The van der Waals surface area contributed by atoms with E-state index in [0.29, 0.717) is 13.1 Å². The largest absolute Gasteiger partial charge is 0.339 e. The average Bonchev–Trinajstić information content (AvgIpc) is 1.96. The molecule has 1 fully saturated rings. The molecule has 0 aromatic carbocycles. The minimum atomic E-state index is 0.161. The highest BCUT2D eigenvalue weighted by Gasteiger charge is 2.26. The Morgan fingerprint density at radius 1 is 1.64 bits per heavy atom. The van der Waals surface area contributed by atoms with E-state index in [0.717, 1.165) is 6.54 Å². The monoisotopic (exact) mass is 157 g/mol. The van der Waals surface area contributed by atoms with Crippen LogP contribution in [0.4, 0.5) is 0 Å². The molecule has 0 aromatic heterocycles. The summed E-state index contributed by atoms with van der Waals surface area (Å²) >= 11 is 0. The Kier molecular flexibility index (Phi) is 2.46. The molecule has 1 amide bonds. The molecule has 0 aliphatic carbocycles. The zero-order valence-electron chi connectivity index (χ0n) is 7.08. The highest BCUT2D eigenvalue weighted by atomic mass is 16.2. The first-order valence-electron chi connectivity index (χ1n) is 3.79. The van der Waals surface area contributed by atoms with E-state index >= 15 is 0 Å². The van der Waals surface area contributed by atoms with Gasteiger partial charge >= 0.3 is 0 Å². The molecule has 2 N–H and O–H groups in total. The van der Waals surface area contributed by atoms with Crippen LogP contribution >= 0.6 is 0 Å². The van der Waals surface area contributed by atoms with Crippen LogP contribution in [0.25, 0.3) is 0 Å². The molecule has 0 spiro atoms. The Bertz CT molecular complexity index is 160. The van der Waals surface area contributed by atoms with Gasteiger partial charge < -0.3 is 10.6 Å². The van der Waals surface area contributed by atoms with Crippen LogP contribution in [0.15, 0.2) is 0 Å². The summed E-state index contributed by atoms with van der Waals surface area (Å²) in [6.07, 6.45) is 0. The number of carbonyl (C=O) groups is 1. The van der Waals surface area contributed by atoms with Crippen molar-refractivity contribution in [1.29, 1.82) is 0 Å². The molecule has 0 bridgehead atoms. The van der Waals surface area contributed by atoms with Gasteiger partial charge in [0.05, 0.1) is 12.6 Å². The highest BCUT2D eigenvalue weighted by Crippen LogP contribution is 2.04. The molecule has 0 aromatic rings. The summed E-state index contributed by atoms with van der Waals surface area (Å²) in [5, 5.41) is 0. The summed E-state index contributed by atoms with van der Waals surface area (Å²) in [5.41, 5.74) is 5.50. The van der Waals surface area contributed by atoms with Gasteiger partial charge in [-0.05, 0) is 7.05 Å². The van der Waals surface area contributed by atoms with Crippen molar-refractivity contribution in [3.63, 3.8) is 0 Å². The van der Waals surface area contributed by atoms with Crippen LogP contribution in [0.2, 0.25) is 0 Å². The Morgan fingerprint density at radius 3 is 2.82 bits per heavy atom. The molecule has 0 radical (unpaired) electrons. The van der Waals surface area contributed by atoms with Crippen LogP contribution in [-0.2, 0) is 4.79 Å². The maximum Gasteiger partial charge on any atom is 0.236 e. The summed E-state index contributed by atoms with van der Waals surface area (Å²) in [6.45, 7) is 1.96. The minimum Gasteiger partial charge on any atom is -0.339 e. The molecular weight excluding hydrogens is 142 g/mol. The normalized spacial score (nSPS) is 27.7. The maximum atomic E-state index is 11.2. The van der Waals surface area contributed by atoms with Crippen LogP contribution in [0.1, 0.15) is 0 Å². The number of nitrogens with two attached hydrogens (primary N) is 1. The van der Waals surface area contributed by atoms with E-state index in [1.807, 2.05) is 19.0 Å². The molecule has 4 heteroatoms. The Balaban J connectivity index is 2.58. The molecule has 1 atom stereocenters. The van der Waals surface area contributed by atoms with Gasteiger partial charge in [0, 0.05) is 20.1 Å². The fraction of sp³-hybridized carbons (Fsp3) is 0.857. The Morgan fingerprint density at radius 2 is 2.27 bits per heavy atom. The van der Waals surface area contributed by atoms with Crippen molar-refractivity contribution in [3.8, 4) is 0 Å². The standard InChI is InChI=1S/C7H15N3O/c1-9-4-6(3-8)10(2)7(11)5-9/h6H,3-5,8H2,1-2H3. The van der Waals surface area contributed by atoms with Crippen molar-refractivity contribution in [2.75, 3.05) is 33.7 Å². The van der Waals surface area contributed by atoms with Gasteiger partial charge in [-0.1, -0.05) is 0 Å². The van der Waals surface area contributed by atoms with Gasteiger partial charge in [0.25, 0.3) is 0 Å². The molecule has 1 aliphatic heterocycles. The summed E-state index contributed by atoms with van der Waals surface area (Å²) in [6, 6.07) is 0.196. The second-order valence-corrected chi connectivity index (χ2v) is 3.09. The third-order valence-electron chi connectivity index (χ3n) is 2.14. The highest BCUT2D eigenvalue weighted by molar-refractivity contribution is 5.79. The predicted molar refractivity (Wildman–Crippen MR) is 43.1 cm³/mol. The molecule has 1 saturated heterocycles. The van der Waals surface area contributed by atoms with E-state index in [9.17, 15) is 4.79 Å². The van der Waals surface area contributed by atoms with Crippen molar-refractivity contribution in [3.05, 3.63) is 0 Å². The van der Waals surface area contributed by atoms with Gasteiger partial charge in [0.2, 0.25) is 5.91 Å². The van der Waals surface area contributed by atoms with Gasteiger partial charge in [-0.2, -0.15) is 0 Å². The quantitative estimate of drug-likeness (QED) is 0.515.